The average Bonchev–Trinajstić information content (AvgIpc) is 2.80. The molecule has 18 heavy (non-hydrogen) atoms. The first-order chi connectivity index (χ1) is 8.79. The quantitative estimate of drug-likeness (QED) is 0.779. The monoisotopic (exact) mass is 247 g/mol. The van der Waals surface area contributed by atoms with Gasteiger partial charge in [-0.05, 0) is 6.42 Å². The molecule has 1 unspecified atom stereocenters. The highest BCUT2D eigenvalue weighted by Gasteiger charge is 2.36. The minimum absolute atomic E-state index is 0.290. The summed E-state index contributed by atoms with van der Waals surface area (Å²) in [6, 6.07) is 0.332. The minimum atomic E-state index is 0.290. The Hall–Kier alpha value is -1.69. The third-order valence-corrected chi connectivity index (χ3v) is 3.74. The molecular weight excluding hydrogens is 230 g/mol. The zero-order chi connectivity index (χ0) is 12.5. The predicted octanol–water partition coefficient (Wildman–Crippen LogP) is -0.254. The van der Waals surface area contributed by atoms with E-state index in [1.807, 2.05) is 4.90 Å². The van der Waals surface area contributed by atoms with E-state index in [4.69, 9.17) is 5.73 Å². The summed E-state index contributed by atoms with van der Waals surface area (Å²) in [6.45, 7) is 2.84. The molecule has 2 fully saturated rings. The predicted molar refractivity (Wildman–Crippen MR) is 66.9 cm³/mol. The van der Waals surface area contributed by atoms with Crippen LogP contribution in [0.25, 0.3) is 0 Å². The zero-order valence-corrected chi connectivity index (χ0v) is 10.2. The maximum atomic E-state index is 11.6. The lowest BCUT2D eigenvalue weighted by Crippen LogP contribution is -2.52. The summed E-state index contributed by atoms with van der Waals surface area (Å²) >= 11 is 0. The molecule has 1 atom stereocenters. The van der Waals surface area contributed by atoms with Crippen LogP contribution in [0.1, 0.15) is 18.5 Å². The number of hydrogen-bond acceptors (Lipinski definition) is 5. The Bertz CT molecular complexity index is 464. The Balaban J connectivity index is 1.80. The van der Waals surface area contributed by atoms with E-state index in [0.717, 1.165) is 37.6 Å². The molecule has 2 N–H and O–H groups in total. The van der Waals surface area contributed by atoms with Gasteiger partial charge in [0.15, 0.2) is 5.82 Å². The second-order valence-electron chi connectivity index (χ2n) is 4.76. The molecule has 3 heterocycles. The van der Waals surface area contributed by atoms with Crippen LogP contribution in [-0.2, 0) is 11.3 Å². The smallest absolute Gasteiger partial charge is 0.223 e. The fourth-order valence-electron chi connectivity index (χ4n) is 2.82. The van der Waals surface area contributed by atoms with Gasteiger partial charge in [0.2, 0.25) is 5.91 Å². The van der Waals surface area contributed by atoms with Crippen molar-refractivity contribution in [3.63, 3.8) is 0 Å². The summed E-state index contributed by atoms with van der Waals surface area (Å²) in [5, 5.41) is 0. The molecule has 0 aromatic carbocycles. The Kier molecular flexibility index (Phi) is 2.87. The van der Waals surface area contributed by atoms with Gasteiger partial charge in [0.1, 0.15) is 0 Å². The molecule has 2 aliphatic rings. The van der Waals surface area contributed by atoms with Crippen LogP contribution in [0.3, 0.4) is 0 Å². The van der Waals surface area contributed by atoms with Gasteiger partial charge in [-0.2, -0.15) is 0 Å². The Labute approximate surface area is 106 Å². The normalized spacial score (nSPS) is 23.4. The molecule has 1 aromatic heterocycles. The van der Waals surface area contributed by atoms with Gasteiger partial charge in [0, 0.05) is 51.0 Å². The molecule has 96 valence electrons. The van der Waals surface area contributed by atoms with Crippen molar-refractivity contribution in [2.24, 2.45) is 5.73 Å². The van der Waals surface area contributed by atoms with Gasteiger partial charge in [-0.15, -0.1) is 0 Å². The van der Waals surface area contributed by atoms with Crippen LogP contribution in [0.15, 0.2) is 12.4 Å². The lowest BCUT2D eigenvalue weighted by atomic mass is 10.1. The van der Waals surface area contributed by atoms with Crippen LogP contribution in [0.4, 0.5) is 5.82 Å². The molecule has 0 aliphatic carbocycles. The number of carbonyl (C=O) groups excluding carboxylic acids is 1. The van der Waals surface area contributed by atoms with Crippen LogP contribution in [-0.4, -0.2) is 46.5 Å². The van der Waals surface area contributed by atoms with Gasteiger partial charge in [0.25, 0.3) is 0 Å². The minimum Gasteiger partial charge on any atom is -0.351 e. The number of rotatable bonds is 2. The van der Waals surface area contributed by atoms with Gasteiger partial charge >= 0.3 is 0 Å². The highest BCUT2D eigenvalue weighted by molar-refractivity contribution is 5.79. The van der Waals surface area contributed by atoms with Crippen LogP contribution in [0.5, 0.6) is 0 Å². The van der Waals surface area contributed by atoms with Crippen molar-refractivity contribution in [1.82, 2.24) is 14.9 Å². The highest BCUT2D eigenvalue weighted by atomic mass is 16.2. The number of anilines is 1. The maximum absolute atomic E-state index is 11.6. The molecule has 6 nitrogen and oxygen atoms in total. The summed E-state index contributed by atoms with van der Waals surface area (Å²) < 4.78 is 0. The first-order valence-corrected chi connectivity index (χ1v) is 6.34. The Morgan fingerprint density at radius 1 is 1.33 bits per heavy atom. The van der Waals surface area contributed by atoms with Crippen LogP contribution in [0.2, 0.25) is 0 Å². The summed E-state index contributed by atoms with van der Waals surface area (Å²) in [4.78, 5) is 24.5. The van der Waals surface area contributed by atoms with Crippen molar-refractivity contribution in [1.29, 1.82) is 0 Å². The van der Waals surface area contributed by atoms with Gasteiger partial charge in [-0.3, -0.25) is 9.78 Å². The largest absolute Gasteiger partial charge is 0.351 e. The van der Waals surface area contributed by atoms with E-state index < -0.39 is 0 Å². The van der Waals surface area contributed by atoms with E-state index >= 15 is 0 Å². The fourth-order valence-corrected chi connectivity index (χ4v) is 2.82. The van der Waals surface area contributed by atoms with E-state index in [1.165, 1.54) is 0 Å². The first-order valence-electron chi connectivity index (χ1n) is 6.34. The number of nitrogens with two attached hydrogens (primary N) is 1. The molecule has 0 saturated carbocycles. The van der Waals surface area contributed by atoms with Crippen molar-refractivity contribution < 1.29 is 4.79 Å². The van der Waals surface area contributed by atoms with Gasteiger partial charge < -0.3 is 15.5 Å². The van der Waals surface area contributed by atoms with Gasteiger partial charge in [-0.1, -0.05) is 0 Å². The zero-order valence-electron chi connectivity index (χ0n) is 10.2. The fraction of sp³-hybridized carbons (Fsp3) is 0.583. The molecule has 0 spiro atoms. The molecule has 1 amide bonds. The number of piperazine rings is 1. The van der Waals surface area contributed by atoms with Crippen molar-refractivity contribution in [3.05, 3.63) is 18.1 Å². The third kappa shape index (κ3) is 1.82. The highest BCUT2D eigenvalue weighted by Crippen LogP contribution is 2.26. The van der Waals surface area contributed by atoms with Crippen molar-refractivity contribution in [2.45, 2.75) is 25.4 Å². The van der Waals surface area contributed by atoms with E-state index in [0.29, 0.717) is 19.0 Å². The second kappa shape index (κ2) is 4.53. The first kappa shape index (κ1) is 11.4. The number of carbonyl (C=O) groups is 1. The van der Waals surface area contributed by atoms with Crippen LogP contribution < -0.4 is 10.6 Å². The molecule has 3 rings (SSSR count). The number of nitrogens with zero attached hydrogens (tertiary/aromatic N) is 4. The topological polar surface area (TPSA) is 75.3 Å². The maximum Gasteiger partial charge on any atom is 0.223 e. The van der Waals surface area contributed by atoms with E-state index in [1.54, 1.807) is 12.4 Å². The molecule has 6 heteroatoms. The van der Waals surface area contributed by atoms with Crippen molar-refractivity contribution in [2.75, 3.05) is 24.5 Å². The Morgan fingerprint density at radius 2 is 2.17 bits per heavy atom. The summed E-state index contributed by atoms with van der Waals surface area (Å²) in [6.07, 6.45) is 5.00. The SMILES string of the molecule is NCc1nccnc1N1CCN2C(=O)CCC2C1. The van der Waals surface area contributed by atoms with Crippen LogP contribution in [0, 0.1) is 0 Å². The van der Waals surface area contributed by atoms with Gasteiger partial charge in [-0.25, -0.2) is 4.98 Å². The number of aromatic nitrogens is 2. The van der Waals surface area contributed by atoms with E-state index in [9.17, 15) is 4.79 Å². The molecule has 2 aliphatic heterocycles. The molecule has 0 bridgehead atoms. The standard InChI is InChI=1S/C12H17N5O/c13-7-10-12(15-4-3-14-10)16-5-6-17-9(8-16)1-2-11(17)18/h3-4,9H,1-2,5-8,13H2. The number of hydrogen-bond donors (Lipinski definition) is 1. The molecular formula is C12H17N5O. The number of amides is 1. The average molecular weight is 247 g/mol. The Morgan fingerprint density at radius 3 is 3.00 bits per heavy atom. The van der Waals surface area contributed by atoms with Gasteiger partial charge in [0.05, 0.1) is 5.69 Å². The van der Waals surface area contributed by atoms with Crippen LogP contribution >= 0.6 is 0 Å². The number of fused-ring (bicyclic) bond motifs is 1. The molecule has 1 aromatic rings. The van der Waals surface area contributed by atoms with E-state index in [2.05, 4.69) is 14.9 Å². The lowest BCUT2D eigenvalue weighted by Gasteiger charge is -2.38. The third-order valence-electron chi connectivity index (χ3n) is 3.74. The summed E-state index contributed by atoms with van der Waals surface area (Å²) in [5.74, 6) is 1.16. The molecule has 0 radical (unpaired) electrons. The van der Waals surface area contributed by atoms with Crippen molar-refractivity contribution in [3.8, 4) is 0 Å². The summed E-state index contributed by atoms with van der Waals surface area (Å²) in [7, 11) is 0. The lowest BCUT2D eigenvalue weighted by molar-refractivity contribution is -0.129. The van der Waals surface area contributed by atoms with E-state index in [-0.39, 0.29) is 5.91 Å². The summed E-state index contributed by atoms with van der Waals surface area (Å²) in [5.41, 5.74) is 6.52. The molecule has 2 saturated heterocycles. The second-order valence-corrected chi connectivity index (χ2v) is 4.76. The van der Waals surface area contributed by atoms with Crippen molar-refractivity contribution >= 4 is 11.7 Å².